The minimum absolute atomic E-state index is 0.160. The standard InChI is InChI=1S/C15H30N4O/c1-3-19-8-4-5-13(19)11-18(2)14(10-16)9-15(20)17-12-6-7-12/h12-14H,3-11,16H2,1-2H3,(H,17,20). The first-order valence-electron chi connectivity index (χ1n) is 8.07. The van der Waals surface area contributed by atoms with Crippen LogP contribution in [0, 0.1) is 0 Å². The normalized spacial score (nSPS) is 25.1. The van der Waals surface area contributed by atoms with E-state index in [1.54, 1.807) is 0 Å². The van der Waals surface area contributed by atoms with Crippen LogP contribution in [0.25, 0.3) is 0 Å². The summed E-state index contributed by atoms with van der Waals surface area (Å²) in [6.45, 7) is 6.13. The predicted molar refractivity (Wildman–Crippen MR) is 81.5 cm³/mol. The van der Waals surface area contributed by atoms with E-state index < -0.39 is 0 Å². The number of likely N-dealkylation sites (N-methyl/N-ethyl adjacent to an activating group) is 2. The van der Waals surface area contributed by atoms with E-state index in [1.165, 1.54) is 19.4 Å². The quantitative estimate of drug-likeness (QED) is 0.676. The lowest BCUT2D eigenvalue weighted by molar-refractivity contribution is -0.122. The molecule has 2 rings (SSSR count). The highest BCUT2D eigenvalue weighted by molar-refractivity contribution is 5.77. The van der Waals surface area contributed by atoms with Gasteiger partial charge in [-0.3, -0.25) is 9.69 Å². The monoisotopic (exact) mass is 282 g/mol. The molecule has 1 aliphatic heterocycles. The van der Waals surface area contributed by atoms with Gasteiger partial charge in [-0.1, -0.05) is 6.92 Å². The topological polar surface area (TPSA) is 61.6 Å². The molecule has 0 spiro atoms. The summed E-state index contributed by atoms with van der Waals surface area (Å²) in [6.07, 6.45) is 5.37. The molecular weight excluding hydrogens is 252 g/mol. The molecule has 116 valence electrons. The molecule has 1 aliphatic carbocycles. The summed E-state index contributed by atoms with van der Waals surface area (Å²) in [5, 5.41) is 3.06. The second kappa shape index (κ2) is 7.38. The number of likely N-dealkylation sites (tertiary alicyclic amines) is 1. The molecular formula is C15H30N4O. The van der Waals surface area contributed by atoms with Crippen molar-refractivity contribution in [3.05, 3.63) is 0 Å². The molecule has 0 radical (unpaired) electrons. The van der Waals surface area contributed by atoms with Crippen molar-refractivity contribution in [3.63, 3.8) is 0 Å². The Kier molecular flexibility index (Phi) is 5.81. The van der Waals surface area contributed by atoms with Crippen molar-refractivity contribution in [2.75, 3.05) is 33.2 Å². The van der Waals surface area contributed by atoms with Gasteiger partial charge in [0.1, 0.15) is 0 Å². The van der Waals surface area contributed by atoms with Crippen molar-refractivity contribution in [1.29, 1.82) is 0 Å². The summed E-state index contributed by atoms with van der Waals surface area (Å²) >= 11 is 0. The highest BCUT2D eigenvalue weighted by Gasteiger charge is 2.28. The summed E-state index contributed by atoms with van der Waals surface area (Å²) in [5.41, 5.74) is 5.87. The fourth-order valence-electron chi connectivity index (χ4n) is 3.15. The van der Waals surface area contributed by atoms with Crippen LogP contribution in [0.4, 0.5) is 0 Å². The lowest BCUT2D eigenvalue weighted by Gasteiger charge is -2.32. The van der Waals surface area contributed by atoms with Gasteiger partial charge in [0, 0.05) is 37.6 Å². The Hall–Kier alpha value is -0.650. The minimum atomic E-state index is 0.160. The van der Waals surface area contributed by atoms with Gasteiger partial charge in [0.25, 0.3) is 0 Å². The highest BCUT2D eigenvalue weighted by Crippen LogP contribution is 2.20. The van der Waals surface area contributed by atoms with Gasteiger partial charge in [0.05, 0.1) is 0 Å². The van der Waals surface area contributed by atoms with Crippen LogP contribution >= 0.6 is 0 Å². The fourth-order valence-corrected chi connectivity index (χ4v) is 3.15. The molecule has 5 heteroatoms. The predicted octanol–water partition coefficient (Wildman–Crippen LogP) is 0.399. The number of hydrogen-bond acceptors (Lipinski definition) is 4. The van der Waals surface area contributed by atoms with Gasteiger partial charge in [-0.05, 0) is 45.8 Å². The second-order valence-electron chi connectivity index (χ2n) is 6.30. The van der Waals surface area contributed by atoms with Crippen molar-refractivity contribution in [2.24, 2.45) is 5.73 Å². The van der Waals surface area contributed by atoms with Crippen molar-refractivity contribution in [3.8, 4) is 0 Å². The maximum absolute atomic E-state index is 11.9. The SMILES string of the molecule is CCN1CCCC1CN(C)C(CN)CC(=O)NC1CC1. The Morgan fingerprint density at radius 2 is 2.20 bits per heavy atom. The van der Waals surface area contributed by atoms with Crippen LogP contribution in [0.15, 0.2) is 0 Å². The lowest BCUT2D eigenvalue weighted by Crippen LogP contribution is -2.47. The van der Waals surface area contributed by atoms with Gasteiger partial charge in [0.2, 0.25) is 5.91 Å². The van der Waals surface area contributed by atoms with Crippen molar-refractivity contribution >= 4 is 5.91 Å². The first kappa shape index (κ1) is 15.7. The third-order valence-corrected chi connectivity index (χ3v) is 4.66. The van der Waals surface area contributed by atoms with Crippen LogP contribution in [-0.4, -0.2) is 67.1 Å². The van der Waals surface area contributed by atoms with Gasteiger partial charge in [-0.25, -0.2) is 0 Å². The summed E-state index contributed by atoms with van der Waals surface area (Å²) < 4.78 is 0. The van der Waals surface area contributed by atoms with E-state index in [1.807, 2.05) is 0 Å². The summed E-state index contributed by atoms with van der Waals surface area (Å²) in [7, 11) is 2.11. The van der Waals surface area contributed by atoms with Gasteiger partial charge in [-0.2, -0.15) is 0 Å². The molecule has 0 aromatic carbocycles. The Morgan fingerprint density at radius 1 is 1.45 bits per heavy atom. The number of carbonyl (C=O) groups is 1. The molecule has 2 unspecified atom stereocenters. The maximum atomic E-state index is 11.9. The van der Waals surface area contributed by atoms with Gasteiger partial charge >= 0.3 is 0 Å². The summed E-state index contributed by atoms with van der Waals surface area (Å²) in [4.78, 5) is 16.7. The number of rotatable bonds is 8. The van der Waals surface area contributed by atoms with Crippen LogP contribution in [0.1, 0.15) is 39.0 Å². The number of nitrogens with two attached hydrogens (primary N) is 1. The number of carbonyl (C=O) groups excluding carboxylic acids is 1. The van der Waals surface area contributed by atoms with Gasteiger partial charge < -0.3 is 16.0 Å². The molecule has 2 aliphatic rings. The number of nitrogens with one attached hydrogen (secondary N) is 1. The molecule has 1 amide bonds. The average molecular weight is 282 g/mol. The van der Waals surface area contributed by atoms with Crippen LogP contribution in [0.3, 0.4) is 0 Å². The smallest absolute Gasteiger partial charge is 0.221 e. The largest absolute Gasteiger partial charge is 0.353 e. The number of hydrogen-bond donors (Lipinski definition) is 2. The molecule has 2 fully saturated rings. The molecule has 1 saturated heterocycles. The summed E-state index contributed by atoms with van der Waals surface area (Å²) in [5.74, 6) is 0.161. The van der Waals surface area contributed by atoms with E-state index >= 15 is 0 Å². The molecule has 3 N–H and O–H groups in total. The zero-order chi connectivity index (χ0) is 14.5. The Balaban J connectivity index is 1.78. The molecule has 1 saturated carbocycles. The molecule has 20 heavy (non-hydrogen) atoms. The molecule has 0 aromatic heterocycles. The van der Waals surface area contributed by atoms with Crippen LogP contribution in [0.5, 0.6) is 0 Å². The van der Waals surface area contributed by atoms with Crippen LogP contribution in [0.2, 0.25) is 0 Å². The molecule has 0 bridgehead atoms. The Bertz CT molecular complexity index is 319. The van der Waals surface area contributed by atoms with Gasteiger partial charge in [-0.15, -0.1) is 0 Å². The first-order chi connectivity index (χ1) is 9.63. The Labute approximate surface area is 122 Å². The highest BCUT2D eigenvalue weighted by atomic mass is 16.1. The fraction of sp³-hybridized carbons (Fsp3) is 0.933. The third kappa shape index (κ3) is 4.43. The van der Waals surface area contributed by atoms with Crippen molar-refractivity contribution in [2.45, 2.75) is 57.2 Å². The molecule has 1 heterocycles. The van der Waals surface area contributed by atoms with E-state index in [4.69, 9.17) is 5.73 Å². The first-order valence-corrected chi connectivity index (χ1v) is 8.07. The minimum Gasteiger partial charge on any atom is -0.353 e. The van der Waals surface area contributed by atoms with E-state index in [0.717, 1.165) is 25.9 Å². The molecule has 2 atom stereocenters. The van der Waals surface area contributed by atoms with Gasteiger partial charge in [0.15, 0.2) is 0 Å². The van der Waals surface area contributed by atoms with Crippen LogP contribution < -0.4 is 11.1 Å². The second-order valence-corrected chi connectivity index (χ2v) is 6.30. The van der Waals surface area contributed by atoms with E-state index in [-0.39, 0.29) is 11.9 Å². The zero-order valence-corrected chi connectivity index (χ0v) is 13.0. The van der Waals surface area contributed by atoms with Crippen molar-refractivity contribution < 1.29 is 4.79 Å². The summed E-state index contributed by atoms with van der Waals surface area (Å²) in [6, 6.07) is 1.23. The number of nitrogens with zero attached hydrogens (tertiary/aromatic N) is 2. The lowest BCUT2D eigenvalue weighted by atomic mass is 10.1. The molecule has 5 nitrogen and oxygen atoms in total. The van der Waals surface area contributed by atoms with E-state index in [2.05, 4.69) is 29.1 Å². The molecule has 0 aromatic rings. The van der Waals surface area contributed by atoms with E-state index in [9.17, 15) is 4.79 Å². The average Bonchev–Trinajstić information content (AvgIpc) is 3.12. The maximum Gasteiger partial charge on any atom is 0.221 e. The van der Waals surface area contributed by atoms with E-state index in [0.29, 0.717) is 25.0 Å². The third-order valence-electron chi connectivity index (χ3n) is 4.66. The Morgan fingerprint density at radius 3 is 2.80 bits per heavy atom. The zero-order valence-electron chi connectivity index (χ0n) is 13.0. The number of amides is 1. The van der Waals surface area contributed by atoms with Crippen molar-refractivity contribution in [1.82, 2.24) is 15.1 Å². The van der Waals surface area contributed by atoms with Crippen LogP contribution in [-0.2, 0) is 4.79 Å².